The third-order valence-corrected chi connectivity index (χ3v) is 5.03. The van der Waals surface area contributed by atoms with E-state index in [0.717, 1.165) is 40.9 Å². The summed E-state index contributed by atoms with van der Waals surface area (Å²) in [7, 11) is 0. The van der Waals surface area contributed by atoms with Gasteiger partial charge in [-0.25, -0.2) is 4.98 Å². The molecule has 1 amide bonds. The van der Waals surface area contributed by atoms with Gasteiger partial charge in [0.25, 0.3) is 0 Å². The number of benzene rings is 1. The van der Waals surface area contributed by atoms with Gasteiger partial charge in [-0.1, -0.05) is 24.3 Å². The molecule has 3 heterocycles. The quantitative estimate of drug-likeness (QED) is 0.743. The van der Waals surface area contributed by atoms with Gasteiger partial charge in [0.1, 0.15) is 5.82 Å². The Morgan fingerprint density at radius 1 is 1.08 bits per heavy atom. The Kier molecular flexibility index (Phi) is 4.86. The lowest BCUT2D eigenvalue weighted by Gasteiger charge is -2.29. The van der Waals surface area contributed by atoms with Crippen molar-refractivity contribution in [2.24, 2.45) is 0 Å². The number of hydrogen-bond donors (Lipinski definition) is 2. The van der Waals surface area contributed by atoms with Crippen LogP contribution in [0.25, 0.3) is 10.9 Å². The molecule has 5 heteroatoms. The first-order valence-corrected chi connectivity index (χ1v) is 9.32. The van der Waals surface area contributed by atoms with E-state index in [1.807, 2.05) is 42.7 Å². The summed E-state index contributed by atoms with van der Waals surface area (Å²) >= 11 is 0. The maximum atomic E-state index is 12.5. The molecular weight excluding hydrogens is 324 g/mol. The van der Waals surface area contributed by atoms with Gasteiger partial charge in [0.05, 0.1) is 6.42 Å². The molecule has 3 aromatic rings. The third kappa shape index (κ3) is 3.57. The number of pyridine rings is 1. The molecule has 26 heavy (non-hydrogen) atoms. The van der Waals surface area contributed by atoms with Crippen molar-refractivity contribution in [3.05, 3.63) is 59.9 Å². The van der Waals surface area contributed by atoms with Gasteiger partial charge in [0, 0.05) is 48.5 Å². The molecule has 0 unspecified atom stereocenters. The largest absolute Gasteiger partial charge is 0.361 e. The van der Waals surface area contributed by atoms with Crippen molar-refractivity contribution in [2.45, 2.75) is 32.2 Å². The Morgan fingerprint density at radius 2 is 1.92 bits per heavy atom. The molecule has 4 rings (SSSR count). The number of aromatic nitrogens is 2. The number of nitrogens with one attached hydrogen (secondary N) is 2. The van der Waals surface area contributed by atoms with Crippen molar-refractivity contribution in [2.75, 3.05) is 18.0 Å². The van der Waals surface area contributed by atoms with Gasteiger partial charge in [0.2, 0.25) is 5.91 Å². The lowest BCUT2D eigenvalue weighted by atomic mass is 10.1. The zero-order chi connectivity index (χ0) is 17.8. The summed E-state index contributed by atoms with van der Waals surface area (Å²) in [4.78, 5) is 22.6. The van der Waals surface area contributed by atoms with E-state index >= 15 is 0 Å². The average Bonchev–Trinajstić information content (AvgIpc) is 3.10. The van der Waals surface area contributed by atoms with E-state index in [-0.39, 0.29) is 5.91 Å². The van der Waals surface area contributed by atoms with Gasteiger partial charge >= 0.3 is 0 Å². The molecule has 0 spiro atoms. The summed E-state index contributed by atoms with van der Waals surface area (Å²) < 4.78 is 0. The monoisotopic (exact) mass is 348 g/mol. The Balaban J connectivity index is 1.42. The molecule has 0 aliphatic carbocycles. The Labute approximate surface area is 153 Å². The number of rotatable bonds is 5. The van der Waals surface area contributed by atoms with Gasteiger partial charge in [-0.05, 0) is 37.0 Å². The van der Waals surface area contributed by atoms with Crippen LogP contribution >= 0.6 is 0 Å². The molecule has 1 fully saturated rings. The van der Waals surface area contributed by atoms with Crippen molar-refractivity contribution in [3.63, 3.8) is 0 Å². The molecule has 1 saturated heterocycles. The highest BCUT2D eigenvalue weighted by Gasteiger charge is 2.16. The highest BCUT2D eigenvalue weighted by molar-refractivity contribution is 5.88. The number of anilines is 1. The molecule has 0 saturated carbocycles. The molecule has 1 aliphatic heterocycles. The van der Waals surface area contributed by atoms with Gasteiger partial charge in [-0.3, -0.25) is 4.79 Å². The Hall–Kier alpha value is -2.82. The molecule has 2 N–H and O–H groups in total. The highest BCUT2D eigenvalue weighted by Crippen LogP contribution is 2.22. The predicted octanol–water partition coefficient (Wildman–Crippen LogP) is 3.41. The molecule has 0 radical (unpaired) electrons. The fraction of sp³-hybridized carbons (Fsp3) is 0.333. The summed E-state index contributed by atoms with van der Waals surface area (Å²) in [5.41, 5.74) is 3.18. The normalized spacial score (nSPS) is 14.5. The molecule has 5 nitrogen and oxygen atoms in total. The van der Waals surface area contributed by atoms with E-state index in [4.69, 9.17) is 0 Å². The number of carbonyl (C=O) groups is 1. The van der Waals surface area contributed by atoms with Crippen molar-refractivity contribution < 1.29 is 4.79 Å². The first kappa shape index (κ1) is 16.6. The molecule has 1 aliphatic rings. The molecule has 1 aromatic carbocycles. The Morgan fingerprint density at radius 3 is 2.81 bits per heavy atom. The van der Waals surface area contributed by atoms with Crippen molar-refractivity contribution >= 4 is 22.6 Å². The number of amides is 1. The number of aromatic amines is 1. The van der Waals surface area contributed by atoms with Gasteiger partial charge < -0.3 is 15.2 Å². The van der Waals surface area contributed by atoms with Crippen molar-refractivity contribution in [3.8, 4) is 0 Å². The molecule has 0 bridgehead atoms. The molecule has 2 aromatic heterocycles. The summed E-state index contributed by atoms with van der Waals surface area (Å²) in [6.07, 6.45) is 7.85. The van der Waals surface area contributed by atoms with E-state index in [9.17, 15) is 4.79 Å². The van der Waals surface area contributed by atoms with E-state index < -0.39 is 0 Å². The van der Waals surface area contributed by atoms with Crippen LogP contribution in [0.1, 0.15) is 30.4 Å². The zero-order valence-corrected chi connectivity index (χ0v) is 14.9. The Bertz CT molecular complexity index is 896. The number of fused-ring (bicyclic) bond motifs is 1. The van der Waals surface area contributed by atoms with Crippen LogP contribution < -0.4 is 10.2 Å². The van der Waals surface area contributed by atoms with E-state index in [2.05, 4.69) is 26.3 Å². The lowest BCUT2D eigenvalue weighted by molar-refractivity contribution is -0.120. The summed E-state index contributed by atoms with van der Waals surface area (Å²) in [5, 5.41) is 4.17. The smallest absolute Gasteiger partial charge is 0.224 e. The SMILES string of the molecule is O=C(Cc1c[nH]c2ccccc12)NCc1cccnc1N1CCCCC1. The van der Waals surface area contributed by atoms with Gasteiger partial charge in [-0.2, -0.15) is 0 Å². The van der Waals surface area contributed by atoms with Crippen LogP contribution in [0.4, 0.5) is 5.82 Å². The zero-order valence-electron chi connectivity index (χ0n) is 14.9. The molecule has 134 valence electrons. The van der Waals surface area contributed by atoms with Crippen LogP contribution in [0.2, 0.25) is 0 Å². The van der Waals surface area contributed by atoms with E-state index in [0.29, 0.717) is 13.0 Å². The summed E-state index contributed by atoms with van der Waals surface area (Å²) in [5.74, 6) is 1.04. The van der Waals surface area contributed by atoms with Crippen LogP contribution in [0, 0.1) is 0 Å². The predicted molar refractivity (Wildman–Crippen MR) is 104 cm³/mol. The first-order valence-electron chi connectivity index (χ1n) is 9.32. The second-order valence-corrected chi connectivity index (χ2v) is 6.85. The number of hydrogen-bond acceptors (Lipinski definition) is 3. The average molecular weight is 348 g/mol. The first-order chi connectivity index (χ1) is 12.8. The topological polar surface area (TPSA) is 61.0 Å². The second-order valence-electron chi connectivity index (χ2n) is 6.85. The lowest BCUT2D eigenvalue weighted by Crippen LogP contribution is -2.32. The fourth-order valence-corrected chi connectivity index (χ4v) is 3.67. The number of piperidine rings is 1. The standard InChI is InChI=1S/C21H24N4O/c26-20(13-17-15-23-19-9-3-2-8-18(17)19)24-14-16-7-6-10-22-21(16)25-11-4-1-5-12-25/h2-3,6-10,15,23H,1,4-5,11-14H2,(H,24,26). The van der Waals surface area contributed by atoms with Crippen LogP contribution in [0.15, 0.2) is 48.8 Å². The summed E-state index contributed by atoms with van der Waals surface area (Å²) in [6, 6.07) is 12.1. The van der Waals surface area contributed by atoms with Crippen LogP contribution in [-0.2, 0) is 17.8 Å². The van der Waals surface area contributed by atoms with Crippen molar-refractivity contribution in [1.82, 2.24) is 15.3 Å². The van der Waals surface area contributed by atoms with Crippen LogP contribution in [0.5, 0.6) is 0 Å². The number of H-pyrrole nitrogens is 1. The van der Waals surface area contributed by atoms with Crippen molar-refractivity contribution in [1.29, 1.82) is 0 Å². The van der Waals surface area contributed by atoms with Gasteiger partial charge in [-0.15, -0.1) is 0 Å². The molecule has 0 atom stereocenters. The summed E-state index contributed by atoms with van der Waals surface area (Å²) in [6.45, 7) is 2.61. The maximum absolute atomic E-state index is 12.5. The molecular formula is C21H24N4O. The fourth-order valence-electron chi connectivity index (χ4n) is 3.67. The number of carbonyl (C=O) groups excluding carboxylic acids is 1. The minimum Gasteiger partial charge on any atom is -0.361 e. The van der Waals surface area contributed by atoms with Crippen LogP contribution in [-0.4, -0.2) is 29.0 Å². The maximum Gasteiger partial charge on any atom is 0.224 e. The minimum absolute atomic E-state index is 0.0307. The number of nitrogens with zero attached hydrogens (tertiary/aromatic N) is 2. The van der Waals surface area contributed by atoms with Crippen LogP contribution in [0.3, 0.4) is 0 Å². The highest BCUT2D eigenvalue weighted by atomic mass is 16.1. The number of para-hydroxylation sites is 1. The van der Waals surface area contributed by atoms with E-state index in [1.54, 1.807) is 0 Å². The minimum atomic E-state index is 0.0307. The van der Waals surface area contributed by atoms with Gasteiger partial charge in [0.15, 0.2) is 0 Å². The second kappa shape index (κ2) is 7.60. The third-order valence-electron chi connectivity index (χ3n) is 5.03. The van der Waals surface area contributed by atoms with E-state index in [1.165, 1.54) is 19.3 Å².